The molecule has 0 saturated carbocycles. The molecule has 4 rings (SSSR count). The second kappa shape index (κ2) is 5.62. The van der Waals surface area contributed by atoms with Crippen molar-refractivity contribution in [1.29, 1.82) is 0 Å². The number of pyridine rings is 1. The summed E-state index contributed by atoms with van der Waals surface area (Å²) in [5.74, 6) is -0.474. The number of ether oxygens (including phenoxy) is 1. The molecule has 2 aromatic heterocycles. The molecule has 5 nitrogen and oxygen atoms in total. The molecule has 0 saturated heterocycles. The van der Waals surface area contributed by atoms with E-state index in [2.05, 4.69) is 4.98 Å². The molecule has 4 aromatic rings. The van der Waals surface area contributed by atoms with Gasteiger partial charge in [0.05, 0.1) is 0 Å². The average molecular weight is 317 g/mol. The Morgan fingerprint density at radius 1 is 0.958 bits per heavy atom. The summed E-state index contributed by atoms with van der Waals surface area (Å²) in [5.41, 5.74) is 0.0953. The number of carbonyl (C=O) groups excluding carboxylic acids is 1. The Kier molecular flexibility index (Phi) is 3.31. The van der Waals surface area contributed by atoms with Gasteiger partial charge >= 0.3 is 11.6 Å². The summed E-state index contributed by atoms with van der Waals surface area (Å²) in [5, 5.41) is 1.49. The zero-order chi connectivity index (χ0) is 16.5. The number of para-hydroxylation sites is 2. The fraction of sp³-hybridized carbons (Fsp3) is 0. The largest absolute Gasteiger partial charge is 0.422 e. The molecule has 0 radical (unpaired) electrons. The van der Waals surface area contributed by atoms with Gasteiger partial charge in [0, 0.05) is 17.0 Å². The first-order chi connectivity index (χ1) is 11.7. The van der Waals surface area contributed by atoms with E-state index in [0.717, 1.165) is 5.39 Å². The SMILES string of the molecule is O=C(Oc1cccc2cccnc12)c1cc2ccccc2oc1=O. The maximum atomic E-state index is 12.4. The Hall–Kier alpha value is -3.47. The molecule has 5 heteroatoms. The van der Waals surface area contributed by atoms with Crippen LogP contribution in [-0.4, -0.2) is 11.0 Å². The Labute approximate surface area is 136 Å². The fourth-order valence-corrected chi connectivity index (χ4v) is 2.52. The molecule has 24 heavy (non-hydrogen) atoms. The molecule has 0 aliphatic rings. The molecular formula is C19H11NO4. The van der Waals surface area contributed by atoms with Crippen molar-refractivity contribution >= 4 is 27.8 Å². The topological polar surface area (TPSA) is 69.4 Å². The first-order valence-corrected chi connectivity index (χ1v) is 7.31. The minimum absolute atomic E-state index is 0.151. The number of nitrogens with zero attached hydrogens (tertiary/aromatic N) is 1. The Balaban J connectivity index is 1.76. The Morgan fingerprint density at radius 2 is 1.75 bits per heavy atom. The van der Waals surface area contributed by atoms with E-state index in [4.69, 9.17) is 9.15 Å². The number of fused-ring (bicyclic) bond motifs is 2. The van der Waals surface area contributed by atoms with Crippen LogP contribution in [0.2, 0.25) is 0 Å². The number of hydrogen-bond donors (Lipinski definition) is 0. The predicted molar refractivity (Wildman–Crippen MR) is 89.2 cm³/mol. The van der Waals surface area contributed by atoms with Crippen molar-refractivity contribution in [2.45, 2.75) is 0 Å². The lowest BCUT2D eigenvalue weighted by Crippen LogP contribution is -2.18. The fourth-order valence-electron chi connectivity index (χ4n) is 2.52. The first-order valence-electron chi connectivity index (χ1n) is 7.31. The average Bonchev–Trinajstić information content (AvgIpc) is 2.61. The van der Waals surface area contributed by atoms with Crippen LogP contribution in [0, 0.1) is 0 Å². The third kappa shape index (κ3) is 2.42. The molecule has 0 aliphatic carbocycles. The quantitative estimate of drug-likeness (QED) is 0.321. The van der Waals surface area contributed by atoms with E-state index in [0.29, 0.717) is 22.2 Å². The molecule has 2 heterocycles. The van der Waals surface area contributed by atoms with Crippen LogP contribution >= 0.6 is 0 Å². The minimum atomic E-state index is -0.771. The summed E-state index contributed by atoms with van der Waals surface area (Å²) in [6.45, 7) is 0. The number of benzene rings is 2. The van der Waals surface area contributed by atoms with Gasteiger partial charge in [0.15, 0.2) is 5.75 Å². The highest BCUT2D eigenvalue weighted by molar-refractivity contribution is 5.96. The maximum Gasteiger partial charge on any atom is 0.351 e. The van der Waals surface area contributed by atoms with Crippen molar-refractivity contribution in [1.82, 2.24) is 4.98 Å². The molecule has 0 amide bonds. The van der Waals surface area contributed by atoms with E-state index >= 15 is 0 Å². The summed E-state index contributed by atoms with van der Waals surface area (Å²) in [6.07, 6.45) is 1.62. The lowest BCUT2D eigenvalue weighted by molar-refractivity contribution is 0.0732. The van der Waals surface area contributed by atoms with Crippen molar-refractivity contribution in [2.75, 3.05) is 0 Å². The van der Waals surface area contributed by atoms with Crippen LogP contribution in [-0.2, 0) is 0 Å². The Morgan fingerprint density at radius 3 is 2.67 bits per heavy atom. The van der Waals surface area contributed by atoms with Gasteiger partial charge in [-0.15, -0.1) is 0 Å². The molecule has 2 aromatic carbocycles. The van der Waals surface area contributed by atoms with Crippen molar-refractivity contribution in [3.8, 4) is 5.75 Å². The van der Waals surface area contributed by atoms with Gasteiger partial charge in [-0.05, 0) is 24.3 Å². The Bertz CT molecular complexity index is 1130. The predicted octanol–water partition coefficient (Wildman–Crippen LogP) is 3.56. The van der Waals surface area contributed by atoms with E-state index in [9.17, 15) is 9.59 Å². The summed E-state index contributed by atoms with van der Waals surface area (Å²) >= 11 is 0. The van der Waals surface area contributed by atoms with Crippen molar-refractivity contribution in [3.05, 3.63) is 82.8 Å². The van der Waals surface area contributed by atoms with Crippen molar-refractivity contribution in [2.24, 2.45) is 0 Å². The standard InChI is InChI=1S/C19H11NO4/c21-18-14(11-13-5-1-2-8-15(13)23-18)19(22)24-16-9-3-6-12-7-4-10-20-17(12)16/h1-11H. The van der Waals surface area contributed by atoms with Crippen LogP contribution < -0.4 is 10.4 Å². The first kappa shape index (κ1) is 14.1. The van der Waals surface area contributed by atoms with Crippen LogP contribution in [0.4, 0.5) is 0 Å². The normalized spacial score (nSPS) is 10.8. The van der Waals surface area contributed by atoms with Crippen LogP contribution in [0.3, 0.4) is 0 Å². The summed E-state index contributed by atoms with van der Waals surface area (Å²) in [4.78, 5) is 28.7. The van der Waals surface area contributed by atoms with Gasteiger partial charge < -0.3 is 9.15 Å². The number of hydrogen-bond acceptors (Lipinski definition) is 5. The lowest BCUT2D eigenvalue weighted by Gasteiger charge is -2.06. The van der Waals surface area contributed by atoms with Gasteiger partial charge in [-0.3, -0.25) is 4.98 Å². The number of carbonyl (C=O) groups is 1. The smallest absolute Gasteiger partial charge is 0.351 e. The van der Waals surface area contributed by atoms with Crippen molar-refractivity contribution < 1.29 is 13.9 Å². The molecule has 0 N–H and O–H groups in total. The van der Waals surface area contributed by atoms with E-state index in [-0.39, 0.29) is 5.56 Å². The van der Waals surface area contributed by atoms with Gasteiger partial charge in [-0.25, -0.2) is 9.59 Å². The van der Waals surface area contributed by atoms with Gasteiger partial charge in [-0.2, -0.15) is 0 Å². The van der Waals surface area contributed by atoms with Crippen molar-refractivity contribution in [3.63, 3.8) is 0 Å². The number of esters is 1. The van der Waals surface area contributed by atoms with Crippen LogP contribution in [0.1, 0.15) is 10.4 Å². The number of aromatic nitrogens is 1. The van der Waals surface area contributed by atoms with E-state index in [1.165, 1.54) is 6.07 Å². The third-order valence-corrected chi connectivity index (χ3v) is 3.66. The lowest BCUT2D eigenvalue weighted by atomic mass is 10.2. The molecule has 0 aliphatic heterocycles. The van der Waals surface area contributed by atoms with Gasteiger partial charge in [0.25, 0.3) is 0 Å². The van der Waals surface area contributed by atoms with Crippen LogP contribution in [0.15, 0.2) is 76.1 Å². The molecule has 0 bridgehead atoms. The summed E-state index contributed by atoms with van der Waals surface area (Å²) < 4.78 is 10.5. The molecule has 0 unspecified atom stereocenters. The molecule has 0 atom stereocenters. The second-order valence-electron chi connectivity index (χ2n) is 5.21. The molecule has 116 valence electrons. The highest BCUT2D eigenvalue weighted by Crippen LogP contribution is 2.24. The van der Waals surface area contributed by atoms with E-state index in [1.807, 2.05) is 12.1 Å². The highest BCUT2D eigenvalue weighted by Gasteiger charge is 2.17. The van der Waals surface area contributed by atoms with Gasteiger partial charge in [0.2, 0.25) is 0 Å². The van der Waals surface area contributed by atoms with Gasteiger partial charge in [-0.1, -0.05) is 36.4 Å². The van der Waals surface area contributed by atoms with E-state index < -0.39 is 11.6 Å². The zero-order valence-electron chi connectivity index (χ0n) is 12.4. The van der Waals surface area contributed by atoms with Crippen LogP contribution in [0.25, 0.3) is 21.9 Å². The zero-order valence-corrected chi connectivity index (χ0v) is 12.4. The highest BCUT2D eigenvalue weighted by atomic mass is 16.5. The van der Waals surface area contributed by atoms with E-state index in [1.54, 1.807) is 48.7 Å². The van der Waals surface area contributed by atoms with Crippen LogP contribution in [0.5, 0.6) is 5.75 Å². The summed E-state index contributed by atoms with van der Waals surface area (Å²) in [7, 11) is 0. The van der Waals surface area contributed by atoms with Gasteiger partial charge in [0.1, 0.15) is 16.7 Å². The monoisotopic (exact) mass is 317 g/mol. The second-order valence-corrected chi connectivity index (χ2v) is 5.21. The minimum Gasteiger partial charge on any atom is -0.422 e. The summed E-state index contributed by atoms with van der Waals surface area (Å²) in [6, 6.07) is 17.4. The molecule has 0 spiro atoms. The molecular weight excluding hydrogens is 306 g/mol. The number of rotatable bonds is 2. The third-order valence-electron chi connectivity index (χ3n) is 3.66. The maximum absolute atomic E-state index is 12.4. The molecule has 0 fully saturated rings.